The number of thiazole rings is 1. The number of carbonyl (C=O) groups excluding carboxylic acids is 1. The molecule has 0 atom stereocenters. The third-order valence-corrected chi connectivity index (χ3v) is 6.59. The van der Waals surface area contributed by atoms with Gasteiger partial charge < -0.3 is 15.3 Å². The van der Waals surface area contributed by atoms with Crippen LogP contribution in [0.5, 0.6) is 0 Å². The molecule has 2 N–H and O–H groups in total. The Bertz CT molecular complexity index is 1100. The minimum Gasteiger partial charge on any atom is -0.383 e. The van der Waals surface area contributed by atoms with E-state index in [0.717, 1.165) is 29.0 Å². The number of alkyl halides is 3. The van der Waals surface area contributed by atoms with Crippen molar-refractivity contribution in [1.29, 1.82) is 0 Å². The third-order valence-electron chi connectivity index (χ3n) is 5.56. The number of nitrogens with zero attached hydrogens (tertiary/aromatic N) is 2. The summed E-state index contributed by atoms with van der Waals surface area (Å²) in [4.78, 5) is 18.7. The van der Waals surface area contributed by atoms with Crippen molar-refractivity contribution >= 4 is 23.1 Å². The normalized spacial score (nSPS) is 16.1. The van der Waals surface area contributed by atoms with E-state index in [1.54, 1.807) is 4.90 Å². The molecule has 0 bridgehead atoms. The molecule has 0 aliphatic carbocycles. The zero-order chi connectivity index (χ0) is 22.9. The monoisotopic (exact) mass is 461 g/mol. The number of likely N-dealkylation sites (tertiary alicyclic amines) is 1. The summed E-state index contributed by atoms with van der Waals surface area (Å²) in [5, 5.41) is 16.3. The van der Waals surface area contributed by atoms with Crippen molar-refractivity contribution < 1.29 is 23.1 Å². The Labute approximate surface area is 187 Å². The Hall–Kier alpha value is -2.91. The molecule has 0 saturated carbocycles. The van der Waals surface area contributed by atoms with Crippen molar-refractivity contribution in [3.05, 3.63) is 70.0 Å². The first kappa shape index (κ1) is 22.3. The molecular formula is C23H22F3N3O2S. The molecule has 3 aromatic rings. The molecule has 2 amide bonds. The van der Waals surface area contributed by atoms with Gasteiger partial charge in [-0.1, -0.05) is 23.8 Å². The number of aryl methyl sites for hydroxylation is 1. The van der Waals surface area contributed by atoms with Crippen LogP contribution in [0.3, 0.4) is 0 Å². The number of piperidine rings is 1. The van der Waals surface area contributed by atoms with Crippen LogP contribution in [0, 0.1) is 6.92 Å². The fraction of sp³-hybridized carbons (Fsp3) is 0.304. The number of hydrogen-bond acceptors (Lipinski definition) is 4. The molecule has 0 spiro atoms. The highest BCUT2D eigenvalue weighted by Crippen LogP contribution is 2.37. The van der Waals surface area contributed by atoms with Crippen LogP contribution in [0.1, 0.15) is 29.0 Å². The predicted octanol–water partition coefficient (Wildman–Crippen LogP) is 5.65. The molecular weight excluding hydrogens is 439 g/mol. The van der Waals surface area contributed by atoms with Gasteiger partial charge in [0, 0.05) is 42.6 Å². The van der Waals surface area contributed by atoms with Crippen molar-refractivity contribution in [3.63, 3.8) is 0 Å². The van der Waals surface area contributed by atoms with E-state index in [1.807, 2.05) is 36.6 Å². The number of nitrogens with one attached hydrogen (secondary N) is 1. The van der Waals surface area contributed by atoms with E-state index >= 15 is 0 Å². The topological polar surface area (TPSA) is 65.5 Å². The molecule has 5 nitrogen and oxygen atoms in total. The number of amides is 2. The lowest BCUT2D eigenvalue weighted by molar-refractivity contribution is -0.137. The quantitative estimate of drug-likeness (QED) is 0.530. The summed E-state index contributed by atoms with van der Waals surface area (Å²) in [6.45, 7) is 2.63. The van der Waals surface area contributed by atoms with Crippen LogP contribution in [0.25, 0.3) is 11.3 Å². The number of aromatic nitrogens is 1. The van der Waals surface area contributed by atoms with Gasteiger partial charge in [-0.2, -0.15) is 13.2 Å². The first-order valence-corrected chi connectivity index (χ1v) is 11.0. The molecule has 168 valence electrons. The second kappa shape index (κ2) is 8.55. The maximum atomic E-state index is 12.7. The summed E-state index contributed by atoms with van der Waals surface area (Å²) in [5.41, 5.74) is 1.33. The lowest BCUT2D eigenvalue weighted by atomic mass is 9.92. The van der Waals surface area contributed by atoms with Gasteiger partial charge in [0.25, 0.3) is 0 Å². The number of urea groups is 1. The van der Waals surface area contributed by atoms with E-state index < -0.39 is 23.4 Å². The van der Waals surface area contributed by atoms with Gasteiger partial charge in [-0.05, 0) is 37.3 Å². The fourth-order valence-electron chi connectivity index (χ4n) is 3.66. The number of hydrogen-bond donors (Lipinski definition) is 2. The zero-order valence-corrected chi connectivity index (χ0v) is 18.1. The van der Waals surface area contributed by atoms with Gasteiger partial charge in [-0.25, -0.2) is 9.78 Å². The van der Waals surface area contributed by atoms with E-state index in [0.29, 0.717) is 30.9 Å². The van der Waals surface area contributed by atoms with E-state index in [9.17, 15) is 23.1 Å². The Kier molecular flexibility index (Phi) is 5.96. The van der Waals surface area contributed by atoms with Crippen LogP contribution in [-0.2, 0) is 11.8 Å². The molecule has 1 aromatic heterocycles. The van der Waals surface area contributed by atoms with Crippen LogP contribution >= 0.6 is 11.3 Å². The van der Waals surface area contributed by atoms with Crippen molar-refractivity contribution in [2.24, 2.45) is 0 Å². The molecule has 2 aromatic carbocycles. The average Bonchev–Trinajstić information content (AvgIpc) is 3.25. The lowest BCUT2D eigenvalue weighted by Gasteiger charge is -2.36. The second-order valence-electron chi connectivity index (χ2n) is 7.93. The molecule has 1 fully saturated rings. The summed E-state index contributed by atoms with van der Waals surface area (Å²) in [5.74, 6) is 0. The average molecular weight is 462 g/mol. The van der Waals surface area contributed by atoms with Crippen molar-refractivity contribution in [2.75, 3.05) is 18.4 Å². The lowest BCUT2D eigenvalue weighted by Crippen LogP contribution is -2.46. The van der Waals surface area contributed by atoms with Gasteiger partial charge in [-0.15, -0.1) is 11.3 Å². The van der Waals surface area contributed by atoms with Gasteiger partial charge in [0.2, 0.25) is 0 Å². The molecule has 0 radical (unpaired) electrons. The number of aliphatic hydroxyl groups is 1. The van der Waals surface area contributed by atoms with Gasteiger partial charge in [0.15, 0.2) is 0 Å². The van der Waals surface area contributed by atoms with Crippen molar-refractivity contribution in [3.8, 4) is 11.3 Å². The Morgan fingerprint density at radius 2 is 1.84 bits per heavy atom. The van der Waals surface area contributed by atoms with Crippen LogP contribution in [0.4, 0.5) is 23.7 Å². The maximum Gasteiger partial charge on any atom is 0.416 e. The minimum atomic E-state index is -4.42. The van der Waals surface area contributed by atoms with Crippen LogP contribution < -0.4 is 5.32 Å². The third kappa shape index (κ3) is 4.78. The first-order valence-electron chi connectivity index (χ1n) is 10.1. The SMILES string of the molecule is Cc1cccc(-c2csc(C3(O)CCN(C(=O)Nc4ccc(C(F)(F)F)cc4)CC3)n2)c1. The summed E-state index contributed by atoms with van der Waals surface area (Å²) in [7, 11) is 0. The highest BCUT2D eigenvalue weighted by Gasteiger charge is 2.38. The number of benzene rings is 2. The van der Waals surface area contributed by atoms with E-state index in [2.05, 4.69) is 10.3 Å². The summed E-state index contributed by atoms with van der Waals surface area (Å²) in [6.07, 6.45) is -3.77. The highest BCUT2D eigenvalue weighted by molar-refractivity contribution is 7.10. The summed E-state index contributed by atoms with van der Waals surface area (Å²) in [6, 6.07) is 11.9. The smallest absolute Gasteiger partial charge is 0.383 e. The minimum absolute atomic E-state index is 0.284. The fourth-order valence-corrected chi connectivity index (χ4v) is 4.65. The second-order valence-corrected chi connectivity index (χ2v) is 8.79. The molecule has 9 heteroatoms. The van der Waals surface area contributed by atoms with E-state index in [-0.39, 0.29) is 5.69 Å². The van der Waals surface area contributed by atoms with E-state index in [4.69, 9.17) is 0 Å². The standard InChI is InChI=1S/C23H22F3N3O2S/c1-15-3-2-4-16(13-15)19-14-32-20(28-19)22(31)9-11-29(12-10-22)21(30)27-18-7-5-17(6-8-18)23(24,25)26/h2-8,13-14,31H,9-12H2,1H3,(H,27,30). The Morgan fingerprint density at radius 3 is 2.47 bits per heavy atom. The number of halogens is 3. The number of rotatable bonds is 3. The van der Waals surface area contributed by atoms with Crippen LogP contribution in [0.15, 0.2) is 53.9 Å². The van der Waals surface area contributed by atoms with Gasteiger partial charge in [0.1, 0.15) is 10.6 Å². The Balaban J connectivity index is 1.37. The molecule has 0 unspecified atom stereocenters. The van der Waals surface area contributed by atoms with Gasteiger partial charge in [0.05, 0.1) is 11.3 Å². The largest absolute Gasteiger partial charge is 0.416 e. The molecule has 32 heavy (non-hydrogen) atoms. The maximum absolute atomic E-state index is 12.7. The van der Waals surface area contributed by atoms with Crippen LogP contribution in [0.2, 0.25) is 0 Å². The van der Waals surface area contributed by atoms with Crippen molar-refractivity contribution in [1.82, 2.24) is 9.88 Å². The summed E-state index contributed by atoms with van der Waals surface area (Å²) < 4.78 is 38.0. The van der Waals surface area contributed by atoms with Gasteiger partial charge >= 0.3 is 12.2 Å². The number of anilines is 1. The molecule has 4 rings (SSSR count). The first-order chi connectivity index (χ1) is 15.1. The highest BCUT2D eigenvalue weighted by atomic mass is 32.1. The Morgan fingerprint density at radius 1 is 1.16 bits per heavy atom. The number of carbonyl (C=O) groups is 1. The van der Waals surface area contributed by atoms with E-state index in [1.165, 1.54) is 23.5 Å². The zero-order valence-electron chi connectivity index (χ0n) is 17.3. The molecule has 2 heterocycles. The van der Waals surface area contributed by atoms with Crippen molar-refractivity contribution in [2.45, 2.75) is 31.5 Å². The molecule has 1 aliphatic heterocycles. The summed E-state index contributed by atoms with van der Waals surface area (Å²) >= 11 is 1.40. The van der Waals surface area contributed by atoms with Crippen LogP contribution in [-0.4, -0.2) is 34.1 Å². The molecule has 1 saturated heterocycles. The molecule has 1 aliphatic rings. The predicted molar refractivity (Wildman–Crippen MR) is 117 cm³/mol. The van der Waals surface area contributed by atoms with Gasteiger partial charge in [-0.3, -0.25) is 0 Å².